The molecule has 1 aliphatic heterocycles. The number of nitrogens with zero attached hydrogens (tertiary/aromatic N) is 4. The summed E-state index contributed by atoms with van der Waals surface area (Å²) in [6, 6.07) is 9.74. The van der Waals surface area contributed by atoms with E-state index in [-0.39, 0.29) is 23.9 Å². The van der Waals surface area contributed by atoms with Crippen molar-refractivity contribution in [1.82, 2.24) is 25.0 Å². The third-order valence-corrected chi connectivity index (χ3v) is 8.77. The number of aryl methyl sites for hydroxylation is 1. The predicted molar refractivity (Wildman–Crippen MR) is 137 cm³/mol. The zero-order valence-electron chi connectivity index (χ0n) is 20.7. The van der Waals surface area contributed by atoms with Gasteiger partial charge in [-0.3, -0.25) is 9.59 Å². The fraction of sp³-hybridized carbons (Fsp3) is 0.630. The van der Waals surface area contributed by atoms with Gasteiger partial charge in [-0.2, -0.15) is 0 Å². The van der Waals surface area contributed by atoms with Crippen LogP contribution in [0.5, 0.6) is 0 Å². The Morgan fingerprint density at radius 3 is 2.54 bits per heavy atom. The molecule has 1 N–H and O–H groups in total. The maximum Gasteiger partial charge on any atom is 0.254 e. The molecule has 35 heavy (non-hydrogen) atoms. The SMILES string of the molecule is CSc1nnc(CCCNC(=O)C2CC3CCCCC3N2C(=O)c2ccccc2)n1C1CCCC1. The highest BCUT2D eigenvalue weighted by molar-refractivity contribution is 7.98. The minimum Gasteiger partial charge on any atom is -0.354 e. The van der Waals surface area contributed by atoms with Crippen molar-refractivity contribution >= 4 is 23.6 Å². The van der Waals surface area contributed by atoms with Crippen LogP contribution in [-0.2, 0) is 11.2 Å². The van der Waals surface area contributed by atoms with E-state index in [9.17, 15) is 9.59 Å². The fourth-order valence-corrected chi connectivity index (χ4v) is 7.01. The van der Waals surface area contributed by atoms with Gasteiger partial charge in [-0.25, -0.2) is 0 Å². The molecular weight excluding hydrogens is 458 g/mol. The Bertz CT molecular complexity index is 1020. The van der Waals surface area contributed by atoms with Gasteiger partial charge in [0, 0.05) is 30.6 Å². The van der Waals surface area contributed by atoms with Gasteiger partial charge < -0.3 is 14.8 Å². The van der Waals surface area contributed by atoms with Gasteiger partial charge in [0.15, 0.2) is 5.16 Å². The molecule has 2 amide bonds. The second-order valence-electron chi connectivity index (χ2n) is 10.2. The first-order chi connectivity index (χ1) is 17.2. The Morgan fingerprint density at radius 2 is 1.77 bits per heavy atom. The Kier molecular flexibility index (Phi) is 7.75. The molecule has 3 aliphatic rings. The van der Waals surface area contributed by atoms with E-state index in [2.05, 4.69) is 26.3 Å². The molecule has 2 saturated carbocycles. The van der Waals surface area contributed by atoms with Crippen LogP contribution in [0.2, 0.25) is 0 Å². The van der Waals surface area contributed by atoms with Gasteiger partial charge in [-0.15, -0.1) is 10.2 Å². The summed E-state index contributed by atoms with van der Waals surface area (Å²) >= 11 is 1.66. The number of hydrogen-bond acceptors (Lipinski definition) is 5. The van der Waals surface area contributed by atoms with Gasteiger partial charge in [0.2, 0.25) is 5.91 Å². The summed E-state index contributed by atoms with van der Waals surface area (Å²) in [6.45, 7) is 0.587. The minimum atomic E-state index is -0.374. The van der Waals surface area contributed by atoms with E-state index in [1.165, 1.54) is 32.1 Å². The molecule has 2 aromatic rings. The molecule has 0 spiro atoms. The summed E-state index contributed by atoms with van der Waals surface area (Å²) in [7, 11) is 0. The molecule has 7 nitrogen and oxygen atoms in total. The number of thioether (sulfide) groups is 1. The molecule has 5 rings (SSSR count). The quantitative estimate of drug-likeness (QED) is 0.426. The number of rotatable bonds is 8. The summed E-state index contributed by atoms with van der Waals surface area (Å²) in [4.78, 5) is 28.7. The molecule has 1 saturated heterocycles. The van der Waals surface area contributed by atoms with Gasteiger partial charge in [0.1, 0.15) is 11.9 Å². The van der Waals surface area contributed by atoms with Gasteiger partial charge in [-0.05, 0) is 62.8 Å². The first-order valence-corrected chi connectivity index (χ1v) is 14.5. The largest absolute Gasteiger partial charge is 0.354 e. The summed E-state index contributed by atoms with van der Waals surface area (Å²) in [6.07, 6.45) is 13.8. The van der Waals surface area contributed by atoms with Crippen LogP contribution >= 0.6 is 11.8 Å². The molecular formula is C27H37N5O2S. The van der Waals surface area contributed by atoms with E-state index in [1.807, 2.05) is 35.2 Å². The van der Waals surface area contributed by atoms with Gasteiger partial charge in [0.25, 0.3) is 5.91 Å². The topological polar surface area (TPSA) is 80.1 Å². The minimum absolute atomic E-state index is 0.00518. The lowest BCUT2D eigenvalue weighted by Crippen LogP contribution is -2.49. The normalized spacial score (nSPS) is 24.5. The van der Waals surface area contributed by atoms with E-state index >= 15 is 0 Å². The fourth-order valence-electron chi connectivity index (χ4n) is 6.44. The number of carbonyl (C=O) groups is 2. The van der Waals surface area contributed by atoms with Gasteiger partial charge >= 0.3 is 0 Å². The lowest BCUT2D eigenvalue weighted by Gasteiger charge is -2.33. The van der Waals surface area contributed by atoms with Crippen LogP contribution in [0.25, 0.3) is 0 Å². The number of carbonyl (C=O) groups excluding carboxylic acids is 2. The molecule has 8 heteroatoms. The zero-order valence-corrected chi connectivity index (χ0v) is 21.5. The molecule has 3 fully saturated rings. The van der Waals surface area contributed by atoms with Crippen LogP contribution in [-0.4, -0.2) is 56.4 Å². The van der Waals surface area contributed by atoms with Crippen molar-refractivity contribution in [1.29, 1.82) is 0 Å². The molecule has 188 valence electrons. The summed E-state index contributed by atoms with van der Waals surface area (Å²) in [5.74, 6) is 1.45. The molecule has 3 atom stereocenters. The molecule has 1 aromatic carbocycles. The molecule has 2 aliphatic carbocycles. The smallest absolute Gasteiger partial charge is 0.254 e. The van der Waals surface area contributed by atoms with Crippen molar-refractivity contribution in [3.8, 4) is 0 Å². The Balaban J connectivity index is 1.21. The van der Waals surface area contributed by atoms with Crippen molar-refractivity contribution in [2.24, 2.45) is 5.92 Å². The second-order valence-corrected chi connectivity index (χ2v) is 11.0. The van der Waals surface area contributed by atoms with Crippen molar-refractivity contribution < 1.29 is 9.59 Å². The van der Waals surface area contributed by atoms with Crippen LogP contribution < -0.4 is 5.32 Å². The Labute approximate surface area is 212 Å². The van der Waals surface area contributed by atoms with Crippen molar-refractivity contribution in [3.63, 3.8) is 0 Å². The van der Waals surface area contributed by atoms with Crippen LogP contribution in [0.1, 0.15) is 86.4 Å². The molecule has 0 radical (unpaired) electrons. The lowest BCUT2D eigenvalue weighted by atomic mass is 9.84. The van der Waals surface area contributed by atoms with E-state index in [0.29, 0.717) is 24.1 Å². The number of benzene rings is 1. The van der Waals surface area contributed by atoms with Crippen molar-refractivity contribution in [3.05, 3.63) is 41.7 Å². The maximum absolute atomic E-state index is 13.5. The first-order valence-electron chi connectivity index (χ1n) is 13.3. The second kappa shape index (κ2) is 11.1. The number of hydrogen-bond donors (Lipinski definition) is 1. The molecule has 1 aromatic heterocycles. The zero-order chi connectivity index (χ0) is 24.2. The van der Waals surface area contributed by atoms with E-state index < -0.39 is 0 Å². The number of amides is 2. The standard InChI is InChI=1S/C27H37N5O2S/c1-35-27-30-29-24(31(27)21-13-6-7-14-21)16-9-17-28-25(33)23-18-20-12-5-8-15-22(20)32(23)26(34)19-10-3-2-4-11-19/h2-4,10-11,20-23H,5-9,12-18H2,1H3,(H,28,33). The highest BCUT2D eigenvalue weighted by atomic mass is 32.2. The van der Waals surface area contributed by atoms with Crippen molar-refractivity contribution in [2.45, 2.75) is 93.9 Å². The van der Waals surface area contributed by atoms with Crippen LogP contribution in [0, 0.1) is 5.92 Å². The highest BCUT2D eigenvalue weighted by Gasteiger charge is 2.47. The van der Waals surface area contributed by atoms with Crippen LogP contribution in [0.3, 0.4) is 0 Å². The average Bonchev–Trinajstić information content (AvgIpc) is 3.64. The summed E-state index contributed by atoms with van der Waals surface area (Å²) in [5, 5.41) is 13.0. The van der Waals surface area contributed by atoms with E-state index in [4.69, 9.17) is 0 Å². The predicted octanol–water partition coefficient (Wildman–Crippen LogP) is 4.64. The van der Waals surface area contributed by atoms with Gasteiger partial charge in [-0.1, -0.05) is 55.6 Å². The van der Waals surface area contributed by atoms with Crippen molar-refractivity contribution in [2.75, 3.05) is 12.8 Å². The molecule has 0 bridgehead atoms. The number of likely N-dealkylation sites (tertiary alicyclic amines) is 1. The van der Waals surface area contributed by atoms with E-state index in [0.717, 1.165) is 49.5 Å². The van der Waals surface area contributed by atoms with Crippen LogP contribution in [0.4, 0.5) is 0 Å². The number of fused-ring (bicyclic) bond motifs is 1. The molecule has 3 unspecified atom stereocenters. The summed E-state index contributed by atoms with van der Waals surface area (Å²) < 4.78 is 2.33. The molecule has 2 heterocycles. The lowest BCUT2D eigenvalue weighted by molar-refractivity contribution is -0.125. The third-order valence-electron chi connectivity index (χ3n) is 8.13. The third kappa shape index (κ3) is 5.13. The summed E-state index contributed by atoms with van der Waals surface area (Å²) in [5.41, 5.74) is 0.673. The van der Waals surface area contributed by atoms with E-state index in [1.54, 1.807) is 11.8 Å². The monoisotopic (exact) mass is 495 g/mol. The Hall–Kier alpha value is -2.35. The first kappa shape index (κ1) is 24.3. The maximum atomic E-state index is 13.5. The highest BCUT2D eigenvalue weighted by Crippen LogP contribution is 2.40. The number of nitrogens with one attached hydrogen (secondary N) is 1. The van der Waals surface area contributed by atoms with Gasteiger partial charge in [0.05, 0.1) is 0 Å². The van der Waals surface area contributed by atoms with Crippen LogP contribution in [0.15, 0.2) is 35.5 Å². The Morgan fingerprint density at radius 1 is 1.03 bits per heavy atom. The number of aromatic nitrogens is 3. The average molecular weight is 496 g/mol.